The van der Waals surface area contributed by atoms with Crippen molar-refractivity contribution in [3.63, 3.8) is 0 Å². The van der Waals surface area contributed by atoms with Gasteiger partial charge >= 0.3 is 0 Å². The standard InChI is InChI=1S/C23H31N3O4/c1-3-18-22(17-5-6-19-20(15-17)30-14-13-29-19)21(23(24)27)16(2)26(18)8-4-7-25-9-11-28-12-10-25/h5-6,15H,3-4,7-14H2,1-2H3,(H2,24,27). The number of primary amides is 1. The van der Waals surface area contributed by atoms with Crippen LogP contribution in [-0.4, -0.2) is 61.4 Å². The van der Waals surface area contributed by atoms with Crippen molar-refractivity contribution in [3.8, 4) is 22.6 Å². The van der Waals surface area contributed by atoms with E-state index in [2.05, 4.69) is 16.4 Å². The third kappa shape index (κ3) is 4.04. The largest absolute Gasteiger partial charge is 0.486 e. The van der Waals surface area contributed by atoms with Crippen molar-refractivity contribution in [2.24, 2.45) is 5.73 Å². The summed E-state index contributed by atoms with van der Waals surface area (Å²) in [6, 6.07) is 5.87. The van der Waals surface area contributed by atoms with Crippen LogP contribution in [0.1, 0.15) is 35.1 Å². The van der Waals surface area contributed by atoms with Gasteiger partial charge in [0.15, 0.2) is 11.5 Å². The number of nitrogens with two attached hydrogens (primary N) is 1. The number of fused-ring (bicyclic) bond motifs is 1. The van der Waals surface area contributed by atoms with E-state index in [0.717, 1.165) is 80.5 Å². The molecule has 0 radical (unpaired) electrons. The molecule has 1 amide bonds. The average molecular weight is 414 g/mol. The van der Waals surface area contributed by atoms with E-state index in [1.54, 1.807) is 0 Å². The van der Waals surface area contributed by atoms with Crippen LogP contribution in [0.3, 0.4) is 0 Å². The van der Waals surface area contributed by atoms with Crippen LogP contribution in [0.4, 0.5) is 0 Å². The third-order valence-electron chi connectivity index (χ3n) is 6.00. The van der Waals surface area contributed by atoms with Crippen molar-refractivity contribution < 1.29 is 19.0 Å². The fourth-order valence-corrected chi connectivity index (χ4v) is 4.56. The highest BCUT2D eigenvalue weighted by molar-refractivity contribution is 6.02. The van der Waals surface area contributed by atoms with Crippen molar-refractivity contribution in [3.05, 3.63) is 35.2 Å². The summed E-state index contributed by atoms with van der Waals surface area (Å²) in [6.45, 7) is 10.7. The topological polar surface area (TPSA) is 79.0 Å². The normalized spacial score (nSPS) is 16.6. The lowest BCUT2D eigenvalue weighted by molar-refractivity contribution is 0.0369. The van der Waals surface area contributed by atoms with Gasteiger partial charge in [0.2, 0.25) is 0 Å². The molecule has 2 aliphatic rings. The number of benzene rings is 1. The third-order valence-corrected chi connectivity index (χ3v) is 6.00. The van der Waals surface area contributed by atoms with Crippen molar-refractivity contribution >= 4 is 5.91 Å². The van der Waals surface area contributed by atoms with E-state index in [-0.39, 0.29) is 5.91 Å². The van der Waals surface area contributed by atoms with Crippen LogP contribution in [0, 0.1) is 6.92 Å². The molecule has 3 heterocycles. The molecular formula is C23H31N3O4. The molecule has 0 unspecified atom stereocenters. The molecule has 2 aromatic rings. The molecule has 0 atom stereocenters. The van der Waals surface area contributed by atoms with Gasteiger partial charge in [-0.05, 0) is 37.5 Å². The van der Waals surface area contributed by atoms with Crippen molar-refractivity contribution in [2.75, 3.05) is 46.1 Å². The monoisotopic (exact) mass is 413 g/mol. The summed E-state index contributed by atoms with van der Waals surface area (Å²) in [4.78, 5) is 14.9. The van der Waals surface area contributed by atoms with Crippen LogP contribution in [0.25, 0.3) is 11.1 Å². The maximum absolute atomic E-state index is 12.4. The molecule has 0 aliphatic carbocycles. The van der Waals surface area contributed by atoms with E-state index < -0.39 is 0 Å². The van der Waals surface area contributed by atoms with Gasteiger partial charge in [-0.2, -0.15) is 0 Å². The zero-order chi connectivity index (χ0) is 21.1. The smallest absolute Gasteiger partial charge is 0.251 e. The molecule has 1 fully saturated rings. The Hall–Kier alpha value is -2.51. The van der Waals surface area contributed by atoms with E-state index in [1.807, 2.05) is 25.1 Å². The number of ether oxygens (including phenoxy) is 3. The number of rotatable bonds is 7. The van der Waals surface area contributed by atoms with Crippen LogP contribution in [0.5, 0.6) is 11.5 Å². The molecular weight excluding hydrogens is 382 g/mol. The fourth-order valence-electron chi connectivity index (χ4n) is 4.56. The summed E-state index contributed by atoms with van der Waals surface area (Å²) in [5, 5.41) is 0. The summed E-state index contributed by atoms with van der Waals surface area (Å²) in [5.74, 6) is 1.07. The maximum Gasteiger partial charge on any atom is 0.251 e. The van der Waals surface area contributed by atoms with E-state index in [0.29, 0.717) is 24.5 Å². The Morgan fingerprint density at radius 2 is 1.80 bits per heavy atom. The lowest BCUT2D eigenvalue weighted by atomic mass is 9.98. The Bertz CT molecular complexity index is 916. The van der Waals surface area contributed by atoms with E-state index >= 15 is 0 Å². The number of carbonyl (C=O) groups excluding carboxylic acids is 1. The number of amides is 1. The second-order valence-electron chi connectivity index (χ2n) is 7.82. The van der Waals surface area contributed by atoms with Gasteiger partial charge < -0.3 is 24.5 Å². The van der Waals surface area contributed by atoms with Gasteiger partial charge in [0, 0.05) is 43.1 Å². The van der Waals surface area contributed by atoms with Crippen molar-refractivity contribution in [2.45, 2.75) is 33.2 Å². The van der Waals surface area contributed by atoms with Crippen molar-refractivity contribution in [1.29, 1.82) is 0 Å². The van der Waals surface area contributed by atoms with E-state index in [4.69, 9.17) is 19.9 Å². The van der Waals surface area contributed by atoms with E-state index in [1.165, 1.54) is 0 Å². The summed E-state index contributed by atoms with van der Waals surface area (Å²) in [6.07, 6.45) is 1.83. The Balaban J connectivity index is 1.66. The highest BCUT2D eigenvalue weighted by Crippen LogP contribution is 2.39. The first-order valence-corrected chi connectivity index (χ1v) is 10.8. The first-order valence-electron chi connectivity index (χ1n) is 10.8. The lowest BCUT2D eigenvalue weighted by Gasteiger charge is -2.26. The second-order valence-corrected chi connectivity index (χ2v) is 7.82. The SMILES string of the molecule is CCc1c(-c2ccc3c(c2)OCCO3)c(C(N)=O)c(C)n1CCCN1CCOCC1. The Kier molecular flexibility index (Phi) is 6.29. The predicted molar refractivity (Wildman–Crippen MR) is 115 cm³/mol. The summed E-state index contributed by atoms with van der Waals surface area (Å²) in [5.41, 5.74) is 10.4. The predicted octanol–water partition coefficient (Wildman–Crippen LogP) is 2.62. The molecule has 1 aromatic carbocycles. The number of hydrogen-bond acceptors (Lipinski definition) is 5. The summed E-state index contributed by atoms with van der Waals surface area (Å²) >= 11 is 0. The summed E-state index contributed by atoms with van der Waals surface area (Å²) in [7, 11) is 0. The summed E-state index contributed by atoms with van der Waals surface area (Å²) < 4.78 is 19.1. The van der Waals surface area contributed by atoms with Gasteiger partial charge in [-0.25, -0.2) is 0 Å². The van der Waals surface area contributed by atoms with Gasteiger partial charge in [-0.15, -0.1) is 0 Å². The number of morpholine rings is 1. The molecule has 7 nitrogen and oxygen atoms in total. The number of nitrogens with zero attached hydrogens (tertiary/aromatic N) is 2. The molecule has 0 bridgehead atoms. The molecule has 7 heteroatoms. The second kappa shape index (κ2) is 9.10. The lowest BCUT2D eigenvalue weighted by Crippen LogP contribution is -2.37. The number of aromatic nitrogens is 1. The zero-order valence-electron chi connectivity index (χ0n) is 17.9. The van der Waals surface area contributed by atoms with Crippen molar-refractivity contribution in [1.82, 2.24) is 9.47 Å². The first-order chi connectivity index (χ1) is 14.6. The van der Waals surface area contributed by atoms with Crippen LogP contribution in [0.2, 0.25) is 0 Å². The van der Waals surface area contributed by atoms with Crippen LogP contribution >= 0.6 is 0 Å². The first kappa shape index (κ1) is 20.8. The molecule has 1 saturated heterocycles. The molecule has 2 aliphatic heterocycles. The Morgan fingerprint density at radius 1 is 1.07 bits per heavy atom. The molecule has 30 heavy (non-hydrogen) atoms. The van der Waals surface area contributed by atoms with Crippen LogP contribution < -0.4 is 15.2 Å². The minimum absolute atomic E-state index is 0.390. The minimum Gasteiger partial charge on any atom is -0.486 e. The highest BCUT2D eigenvalue weighted by Gasteiger charge is 2.25. The van der Waals surface area contributed by atoms with Gasteiger partial charge in [0.1, 0.15) is 13.2 Å². The van der Waals surface area contributed by atoms with Gasteiger partial charge in [0.05, 0.1) is 18.8 Å². The van der Waals surface area contributed by atoms with Gasteiger partial charge in [-0.3, -0.25) is 9.69 Å². The van der Waals surface area contributed by atoms with Crippen LogP contribution in [0.15, 0.2) is 18.2 Å². The fraction of sp³-hybridized carbons (Fsp3) is 0.522. The highest BCUT2D eigenvalue weighted by atomic mass is 16.6. The van der Waals surface area contributed by atoms with Gasteiger partial charge in [0.25, 0.3) is 5.91 Å². The molecule has 0 saturated carbocycles. The molecule has 0 spiro atoms. The molecule has 2 N–H and O–H groups in total. The minimum atomic E-state index is -0.390. The number of hydrogen-bond donors (Lipinski definition) is 1. The Morgan fingerprint density at radius 3 is 2.50 bits per heavy atom. The maximum atomic E-state index is 12.4. The number of carbonyl (C=O) groups is 1. The molecule has 162 valence electrons. The zero-order valence-corrected chi connectivity index (χ0v) is 17.9. The van der Waals surface area contributed by atoms with E-state index in [9.17, 15) is 4.79 Å². The molecule has 1 aromatic heterocycles. The van der Waals surface area contributed by atoms with Gasteiger partial charge in [-0.1, -0.05) is 13.0 Å². The Labute approximate surface area is 177 Å². The molecule has 4 rings (SSSR count). The average Bonchev–Trinajstić information content (AvgIpc) is 3.06. The quantitative estimate of drug-likeness (QED) is 0.755. The van der Waals surface area contributed by atoms with Crippen LogP contribution in [-0.2, 0) is 17.7 Å².